The average molecular weight is 475 g/mol. The Morgan fingerprint density at radius 2 is 1.71 bits per heavy atom. The van der Waals surface area contributed by atoms with Gasteiger partial charge in [-0.05, 0) is 30.0 Å². The topological polar surface area (TPSA) is 93.2 Å². The van der Waals surface area contributed by atoms with Crippen LogP contribution >= 0.6 is 11.6 Å². The van der Waals surface area contributed by atoms with Crippen LogP contribution in [0.5, 0.6) is 0 Å². The van der Waals surface area contributed by atoms with Gasteiger partial charge in [-0.25, -0.2) is 13.2 Å². The van der Waals surface area contributed by atoms with Crippen molar-refractivity contribution in [1.82, 2.24) is 9.21 Å². The van der Waals surface area contributed by atoms with Crippen molar-refractivity contribution >= 4 is 33.5 Å². The van der Waals surface area contributed by atoms with Crippen LogP contribution < -0.4 is 0 Å². The van der Waals surface area contributed by atoms with E-state index in [2.05, 4.69) is 0 Å². The van der Waals surface area contributed by atoms with Gasteiger partial charge in [-0.15, -0.1) is 0 Å². The lowest BCUT2D eigenvalue weighted by molar-refractivity contribution is -0.135. The fraction of sp³-hybridized carbons (Fsp3) is 0.619. The summed E-state index contributed by atoms with van der Waals surface area (Å²) in [4.78, 5) is 26.6. The van der Waals surface area contributed by atoms with Gasteiger partial charge in [-0.3, -0.25) is 4.79 Å². The second-order valence-corrected chi connectivity index (χ2v) is 10.6. The van der Waals surface area contributed by atoms with E-state index in [1.807, 2.05) is 27.7 Å². The van der Waals surface area contributed by atoms with Gasteiger partial charge in [-0.2, -0.15) is 4.31 Å². The van der Waals surface area contributed by atoms with E-state index in [1.165, 1.54) is 22.5 Å². The lowest BCUT2D eigenvalue weighted by Crippen LogP contribution is -2.40. The quantitative estimate of drug-likeness (QED) is 0.511. The lowest BCUT2D eigenvalue weighted by atomic mass is 10.1. The minimum Gasteiger partial charge on any atom is -0.452 e. The fourth-order valence-corrected chi connectivity index (χ4v) is 5.12. The maximum atomic E-state index is 12.9. The summed E-state index contributed by atoms with van der Waals surface area (Å²) in [6.45, 7) is 9.78. The van der Waals surface area contributed by atoms with Gasteiger partial charge < -0.3 is 14.4 Å². The highest BCUT2D eigenvalue weighted by Gasteiger charge is 2.29. The number of sulfonamides is 1. The molecule has 31 heavy (non-hydrogen) atoms. The molecule has 1 fully saturated rings. The van der Waals surface area contributed by atoms with Gasteiger partial charge in [0.15, 0.2) is 6.61 Å². The minimum absolute atomic E-state index is 0.0131. The molecule has 0 aliphatic carbocycles. The van der Waals surface area contributed by atoms with Gasteiger partial charge in [-0.1, -0.05) is 39.3 Å². The normalized spacial score (nSPS) is 15.3. The van der Waals surface area contributed by atoms with Crippen LogP contribution in [0.3, 0.4) is 0 Å². The molecule has 1 amide bonds. The van der Waals surface area contributed by atoms with Crippen LogP contribution in [0.1, 0.15) is 38.1 Å². The molecular weight excluding hydrogens is 444 g/mol. The second-order valence-electron chi connectivity index (χ2n) is 8.32. The van der Waals surface area contributed by atoms with E-state index in [1.54, 1.807) is 4.90 Å². The molecule has 1 aliphatic rings. The van der Waals surface area contributed by atoms with Gasteiger partial charge in [0.25, 0.3) is 5.91 Å². The van der Waals surface area contributed by atoms with Crippen LogP contribution in [0.4, 0.5) is 0 Å². The summed E-state index contributed by atoms with van der Waals surface area (Å²) < 4.78 is 37.5. The monoisotopic (exact) mass is 474 g/mol. The molecule has 0 saturated carbocycles. The smallest absolute Gasteiger partial charge is 0.338 e. The van der Waals surface area contributed by atoms with Crippen molar-refractivity contribution in [1.29, 1.82) is 0 Å². The SMILES string of the molecule is CC(C)CN(CC(C)C)C(=O)COC(=O)c1ccc(Cl)c(S(=O)(=O)N2CCOCC2)c1. The zero-order chi connectivity index (χ0) is 23.2. The van der Waals surface area contributed by atoms with E-state index in [0.717, 1.165) is 0 Å². The number of esters is 1. The Bertz CT molecular complexity index is 872. The lowest BCUT2D eigenvalue weighted by Gasteiger charge is -2.26. The van der Waals surface area contributed by atoms with Crippen molar-refractivity contribution in [3.63, 3.8) is 0 Å². The summed E-state index contributed by atoms with van der Waals surface area (Å²) in [7, 11) is -3.88. The van der Waals surface area contributed by atoms with Crippen molar-refractivity contribution in [2.75, 3.05) is 46.0 Å². The Balaban J connectivity index is 2.12. The maximum absolute atomic E-state index is 12.9. The first kappa shape index (κ1) is 25.6. The van der Waals surface area contributed by atoms with E-state index < -0.39 is 22.6 Å². The Morgan fingerprint density at radius 3 is 2.26 bits per heavy atom. The van der Waals surface area contributed by atoms with Crippen molar-refractivity contribution in [3.8, 4) is 0 Å². The third-order valence-electron chi connectivity index (χ3n) is 4.61. The Labute approximate surface area is 189 Å². The number of halogens is 1. The number of hydrogen-bond acceptors (Lipinski definition) is 6. The van der Waals surface area contributed by atoms with E-state index in [0.29, 0.717) is 26.3 Å². The molecule has 0 unspecified atom stereocenters. The number of ether oxygens (including phenoxy) is 2. The minimum atomic E-state index is -3.88. The molecule has 1 aromatic carbocycles. The number of amides is 1. The molecule has 0 bridgehead atoms. The molecule has 0 N–H and O–H groups in total. The van der Waals surface area contributed by atoms with E-state index in [4.69, 9.17) is 21.1 Å². The average Bonchev–Trinajstić information content (AvgIpc) is 2.71. The van der Waals surface area contributed by atoms with Crippen LogP contribution in [-0.2, 0) is 24.3 Å². The predicted octanol–water partition coefficient (Wildman–Crippen LogP) is 2.66. The van der Waals surface area contributed by atoms with Gasteiger partial charge in [0.05, 0.1) is 23.8 Å². The van der Waals surface area contributed by atoms with Crippen LogP contribution in [-0.4, -0.2) is 75.5 Å². The molecule has 2 rings (SSSR count). The summed E-state index contributed by atoms with van der Waals surface area (Å²) in [5.41, 5.74) is 0.0169. The Hall–Kier alpha value is -1.68. The van der Waals surface area contributed by atoms with Crippen molar-refractivity contribution < 1.29 is 27.5 Å². The first-order chi connectivity index (χ1) is 14.5. The molecule has 174 valence electrons. The maximum Gasteiger partial charge on any atom is 0.338 e. The first-order valence-corrected chi connectivity index (χ1v) is 12.2. The van der Waals surface area contributed by atoms with Crippen molar-refractivity contribution in [2.45, 2.75) is 32.6 Å². The zero-order valence-corrected chi connectivity index (χ0v) is 20.0. The number of rotatable bonds is 9. The highest BCUT2D eigenvalue weighted by atomic mass is 35.5. The second kappa shape index (κ2) is 11.3. The van der Waals surface area contributed by atoms with Gasteiger partial charge >= 0.3 is 5.97 Å². The third kappa shape index (κ3) is 7.17. The summed E-state index contributed by atoms with van der Waals surface area (Å²) in [5.74, 6) is -0.506. The molecule has 1 heterocycles. The standard InChI is InChI=1S/C21H31ClN2O6S/c1-15(2)12-23(13-16(3)4)20(25)14-30-21(26)17-5-6-18(22)19(11-17)31(27,28)24-7-9-29-10-8-24/h5-6,11,15-16H,7-10,12-14H2,1-4H3. The number of nitrogens with zero attached hydrogens (tertiary/aromatic N) is 2. The number of carbonyl (C=O) groups is 2. The molecule has 0 aromatic heterocycles. The van der Waals surface area contributed by atoms with Gasteiger partial charge in [0, 0.05) is 26.2 Å². The van der Waals surface area contributed by atoms with Crippen molar-refractivity contribution in [2.24, 2.45) is 11.8 Å². The van der Waals surface area contributed by atoms with E-state index in [-0.39, 0.29) is 46.3 Å². The molecule has 1 aromatic rings. The Morgan fingerprint density at radius 1 is 1.13 bits per heavy atom. The summed E-state index contributed by atoms with van der Waals surface area (Å²) in [6.07, 6.45) is 0. The van der Waals surface area contributed by atoms with Crippen LogP contribution in [0.25, 0.3) is 0 Å². The van der Waals surface area contributed by atoms with Crippen molar-refractivity contribution in [3.05, 3.63) is 28.8 Å². The molecular formula is C21H31ClN2O6S. The summed E-state index contributed by atoms with van der Waals surface area (Å²) >= 11 is 6.12. The molecule has 1 aliphatic heterocycles. The number of benzene rings is 1. The number of carbonyl (C=O) groups excluding carboxylic acids is 2. The first-order valence-electron chi connectivity index (χ1n) is 10.3. The molecule has 0 atom stereocenters. The highest BCUT2D eigenvalue weighted by molar-refractivity contribution is 7.89. The zero-order valence-electron chi connectivity index (χ0n) is 18.5. The van der Waals surface area contributed by atoms with Crippen LogP contribution in [0.2, 0.25) is 5.02 Å². The largest absolute Gasteiger partial charge is 0.452 e. The molecule has 0 spiro atoms. The number of hydrogen-bond donors (Lipinski definition) is 0. The molecule has 8 nitrogen and oxygen atoms in total. The summed E-state index contributed by atoms with van der Waals surface area (Å²) in [6, 6.07) is 3.92. The van der Waals surface area contributed by atoms with Gasteiger partial charge in [0.1, 0.15) is 4.90 Å². The molecule has 10 heteroatoms. The number of morpholine rings is 1. The molecule has 1 saturated heterocycles. The Kier molecular flexibility index (Phi) is 9.29. The summed E-state index contributed by atoms with van der Waals surface area (Å²) in [5, 5.41) is 0.0131. The van der Waals surface area contributed by atoms with Crippen LogP contribution in [0.15, 0.2) is 23.1 Å². The van der Waals surface area contributed by atoms with E-state index in [9.17, 15) is 18.0 Å². The fourth-order valence-electron chi connectivity index (χ4n) is 3.22. The highest BCUT2D eigenvalue weighted by Crippen LogP contribution is 2.26. The predicted molar refractivity (Wildman–Crippen MR) is 118 cm³/mol. The van der Waals surface area contributed by atoms with Crippen LogP contribution in [0, 0.1) is 11.8 Å². The van der Waals surface area contributed by atoms with Gasteiger partial charge in [0.2, 0.25) is 10.0 Å². The molecule has 0 radical (unpaired) electrons. The van der Waals surface area contributed by atoms with E-state index >= 15 is 0 Å². The third-order valence-corrected chi connectivity index (χ3v) is 6.99.